The number of hydrogen-bond donors (Lipinski definition) is 1. The standard InChI is InChI=1S/C21H18BrClFN3O3S/c1-2-29-20(28)9-15-12-31-21(26-15)27-25-10-13-8-14(22)6-7-19(13)30-11-16-17(23)4-3-5-18(16)24/h3-8,10,12H,2,9,11H2,1H3,(H,26,27). The molecule has 0 saturated carbocycles. The first-order valence-corrected chi connectivity index (χ1v) is 11.3. The number of halogens is 3. The minimum atomic E-state index is -0.427. The predicted octanol–water partition coefficient (Wildman–Crippen LogP) is 5.83. The molecule has 0 saturated heterocycles. The highest BCUT2D eigenvalue weighted by Crippen LogP contribution is 2.25. The highest BCUT2D eigenvalue weighted by molar-refractivity contribution is 9.10. The Bertz CT molecular complexity index is 1070. The molecule has 2 aromatic carbocycles. The van der Waals surface area contributed by atoms with Crippen LogP contribution in [0, 0.1) is 5.82 Å². The lowest BCUT2D eigenvalue weighted by molar-refractivity contribution is -0.142. The van der Waals surface area contributed by atoms with Crippen LogP contribution in [0.15, 0.2) is 51.4 Å². The van der Waals surface area contributed by atoms with E-state index in [0.717, 1.165) is 4.47 Å². The average Bonchev–Trinajstić information content (AvgIpc) is 3.16. The fourth-order valence-corrected chi connectivity index (χ4v) is 3.78. The molecule has 0 radical (unpaired) electrons. The summed E-state index contributed by atoms with van der Waals surface area (Å²) >= 11 is 10.8. The fraction of sp³-hybridized carbons (Fsp3) is 0.190. The Hall–Kier alpha value is -2.49. The van der Waals surface area contributed by atoms with Crippen LogP contribution in [0.5, 0.6) is 5.75 Å². The Balaban J connectivity index is 1.66. The van der Waals surface area contributed by atoms with Crippen molar-refractivity contribution in [2.24, 2.45) is 5.10 Å². The number of aromatic nitrogens is 1. The number of carbonyl (C=O) groups excluding carboxylic acids is 1. The second-order valence-electron chi connectivity index (χ2n) is 6.17. The number of nitrogens with one attached hydrogen (secondary N) is 1. The third kappa shape index (κ3) is 6.75. The van der Waals surface area contributed by atoms with Crippen molar-refractivity contribution in [2.45, 2.75) is 20.0 Å². The molecule has 0 bridgehead atoms. The molecule has 1 N–H and O–H groups in total. The van der Waals surface area contributed by atoms with E-state index in [1.54, 1.807) is 36.7 Å². The van der Waals surface area contributed by atoms with Crippen molar-refractivity contribution >= 4 is 56.2 Å². The molecule has 0 atom stereocenters. The van der Waals surface area contributed by atoms with Gasteiger partial charge in [-0.05, 0) is 37.3 Å². The van der Waals surface area contributed by atoms with E-state index >= 15 is 0 Å². The Labute approximate surface area is 196 Å². The monoisotopic (exact) mass is 525 g/mol. The van der Waals surface area contributed by atoms with Gasteiger partial charge in [-0.15, -0.1) is 11.3 Å². The fourth-order valence-electron chi connectivity index (χ4n) is 2.53. The number of anilines is 1. The number of benzene rings is 2. The lowest BCUT2D eigenvalue weighted by Gasteiger charge is -2.11. The van der Waals surface area contributed by atoms with E-state index in [1.165, 1.54) is 17.4 Å². The zero-order chi connectivity index (χ0) is 22.2. The molecule has 0 aliphatic carbocycles. The number of rotatable bonds is 9. The number of esters is 1. The molecule has 0 amide bonds. The summed E-state index contributed by atoms with van der Waals surface area (Å²) in [6.07, 6.45) is 1.67. The zero-order valence-corrected chi connectivity index (χ0v) is 19.6. The van der Waals surface area contributed by atoms with Gasteiger partial charge in [-0.2, -0.15) is 5.10 Å². The van der Waals surface area contributed by atoms with Gasteiger partial charge in [-0.1, -0.05) is 33.6 Å². The molecular weight excluding hydrogens is 509 g/mol. The minimum Gasteiger partial charge on any atom is -0.488 e. The van der Waals surface area contributed by atoms with Crippen molar-refractivity contribution in [3.63, 3.8) is 0 Å². The van der Waals surface area contributed by atoms with Gasteiger partial charge < -0.3 is 9.47 Å². The van der Waals surface area contributed by atoms with Crippen molar-refractivity contribution in [3.05, 3.63) is 73.9 Å². The first-order chi connectivity index (χ1) is 15.0. The van der Waals surface area contributed by atoms with Gasteiger partial charge in [-0.3, -0.25) is 10.2 Å². The first kappa shape index (κ1) is 23.2. The number of thiazole rings is 1. The van der Waals surface area contributed by atoms with Crippen molar-refractivity contribution < 1.29 is 18.7 Å². The van der Waals surface area contributed by atoms with Crippen LogP contribution in [0.1, 0.15) is 23.7 Å². The van der Waals surface area contributed by atoms with Crippen LogP contribution in [0.2, 0.25) is 5.02 Å². The first-order valence-electron chi connectivity index (χ1n) is 9.20. The number of hydrazone groups is 1. The maximum Gasteiger partial charge on any atom is 0.311 e. The van der Waals surface area contributed by atoms with Crippen molar-refractivity contribution in [1.29, 1.82) is 0 Å². The van der Waals surface area contributed by atoms with Crippen LogP contribution in [0.25, 0.3) is 0 Å². The van der Waals surface area contributed by atoms with Gasteiger partial charge in [0.1, 0.15) is 18.2 Å². The summed E-state index contributed by atoms with van der Waals surface area (Å²) < 4.78 is 25.5. The average molecular weight is 527 g/mol. The van der Waals surface area contributed by atoms with Crippen LogP contribution in [-0.2, 0) is 22.6 Å². The number of nitrogens with zero attached hydrogens (tertiary/aromatic N) is 2. The largest absolute Gasteiger partial charge is 0.488 e. The van der Waals surface area contributed by atoms with E-state index in [1.807, 2.05) is 12.1 Å². The SMILES string of the molecule is CCOC(=O)Cc1csc(NN=Cc2cc(Br)ccc2OCc2c(F)cccc2Cl)n1. The molecule has 0 aliphatic heterocycles. The molecule has 6 nitrogen and oxygen atoms in total. The molecule has 10 heteroatoms. The van der Waals surface area contributed by atoms with Crippen molar-refractivity contribution in [3.8, 4) is 5.75 Å². The van der Waals surface area contributed by atoms with Crippen LogP contribution in [-0.4, -0.2) is 23.8 Å². The molecule has 0 unspecified atom stereocenters. The number of carbonyl (C=O) groups is 1. The molecular formula is C21H18BrClFN3O3S. The summed E-state index contributed by atoms with van der Waals surface area (Å²) in [5.41, 5.74) is 4.38. The quantitative estimate of drug-likeness (QED) is 0.216. The summed E-state index contributed by atoms with van der Waals surface area (Å²) in [6, 6.07) is 9.87. The molecule has 0 spiro atoms. The Morgan fingerprint density at radius 2 is 2.23 bits per heavy atom. The summed E-state index contributed by atoms with van der Waals surface area (Å²) in [7, 11) is 0. The summed E-state index contributed by atoms with van der Waals surface area (Å²) in [5.74, 6) is -0.243. The smallest absolute Gasteiger partial charge is 0.311 e. The number of ether oxygens (including phenoxy) is 2. The Morgan fingerprint density at radius 3 is 3.00 bits per heavy atom. The molecule has 3 aromatic rings. The summed E-state index contributed by atoms with van der Waals surface area (Å²) in [5, 5.41) is 6.79. The van der Waals surface area contributed by atoms with Gasteiger partial charge in [0.25, 0.3) is 0 Å². The van der Waals surface area contributed by atoms with E-state index in [9.17, 15) is 9.18 Å². The Morgan fingerprint density at radius 1 is 1.39 bits per heavy atom. The van der Waals surface area contributed by atoms with Gasteiger partial charge in [0.15, 0.2) is 0 Å². The lowest BCUT2D eigenvalue weighted by Crippen LogP contribution is -2.07. The summed E-state index contributed by atoms with van der Waals surface area (Å²) in [4.78, 5) is 15.8. The molecule has 1 aromatic heterocycles. The van der Waals surface area contributed by atoms with Gasteiger partial charge in [0.2, 0.25) is 5.13 Å². The van der Waals surface area contributed by atoms with Crippen LogP contribution in [0.4, 0.5) is 9.52 Å². The second kappa shape index (κ2) is 11.2. The molecule has 0 aliphatic rings. The Kier molecular flexibility index (Phi) is 8.39. The maximum atomic E-state index is 14.0. The maximum absolute atomic E-state index is 14.0. The molecule has 162 valence electrons. The third-order valence-electron chi connectivity index (χ3n) is 3.95. The van der Waals surface area contributed by atoms with E-state index in [0.29, 0.717) is 33.8 Å². The molecule has 3 rings (SSSR count). The van der Waals surface area contributed by atoms with Gasteiger partial charge in [0, 0.05) is 21.0 Å². The topological polar surface area (TPSA) is 72.8 Å². The summed E-state index contributed by atoms with van der Waals surface area (Å²) in [6.45, 7) is 2.06. The predicted molar refractivity (Wildman–Crippen MR) is 124 cm³/mol. The van der Waals surface area contributed by atoms with Crippen LogP contribution < -0.4 is 10.2 Å². The van der Waals surface area contributed by atoms with Gasteiger partial charge >= 0.3 is 5.97 Å². The van der Waals surface area contributed by atoms with Crippen molar-refractivity contribution in [2.75, 3.05) is 12.0 Å². The lowest BCUT2D eigenvalue weighted by atomic mass is 10.2. The zero-order valence-electron chi connectivity index (χ0n) is 16.4. The van der Waals surface area contributed by atoms with Crippen molar-refractivity contribution in [1.82, 2.24) is 4.98 Å². The van der Waals surface area contributed by atoms with Gasteiger partial charge in [-0.25, -0.2) is 9.37 Å². The minimum absolute atomic E-state index is 0.0227. The van der Waals surface area contributed by atoms with E-state index in [-0.39, 0.29) is 24.6 Å². The number of hydrogen-bond acceptors (Lipinski definition) is 7. The van der Waals surface area contributed by atoms with E-state index in [2.05, 4.69) is 31.4 Å². The second-order valence-corrected chi connectivity index (χ2v) is 8.35. The molecule has 31 heavy (non-hydrogen) atoms. The highest BCUT2D eigenvalue weighted by atomic mass is 79.9. The van der Waals surface area contributed by atoms with Crippen LogP contribution >= 0.6 is 38.9 Å². The molecule has 1 heterocycles. The third-order valence-corrected chi connectivity index (χ3v) is 5.60. The van der Waals surface area contributed by atoms with Crippen LogP contribution in [0.3, 0.4) is 0 Å². The molecule has 0 fully saturated rings. The van der Waals surface area contributed by atoms with Gasteiger partial charge in [0.05, 0.1) is 30.0 Å². The van der Waals surface area contributed by atoms with E-state index < -0.39 is 5.82 Å². The highest BCUT2D eigenvalue weighted by Gasteiger charge is 2.10. The normalized spacial score (nSPS) is 11.0. The van der Waals surface area contributed by atoms with E-state index in [4.69, 9.17) is 21.1 Å².